The fraction of sp³-hybridized carbons (Fsp3) is 0.632. The number of halogens is 2. The Morgan fingerprint density at radius 3 is 2.60 bits per heavy atom. The van der Waals surface area contributed by atoms with Crippen LogP contribution in [0.15, 0.2) is 18.2 Å². The van der Waals surface area contributed by atoms with Gasteiger partial charge in [0.15, 0.2) is 11.6 Å². The monoisotopic (exact) mass is 351 g/mol. The van der Waals surface area contributed by atoms with Crippen LogP contribution in [-0.4, -0.2) is 48.6 Å². The summed E-state index contributed by atoms with van der Waals surface area (Å²) in [6.45, 7) is 6.54. The molecule has 3 rings (SSSR count). The van der Waals surface area contributed by atoms with E-state index in [0.29, 0.717) is 30.5 Å². The SMILES string of the molecule is CCNC(=O)N1CCC(C2CCN(Cc3cccc(F)c3F)CC2)C1. The number of hydrogen-bond donors (Lipinski definition) is 1. The van der Waals surface area contributed by atoms with Crippen LogP contribution in [0.2, 0.25) is 0 Å². The van der Waals surface area contributed by atoms with Gasteiger partial charge in [0.05, 0.1) is 0 Å². The van der Waals surface area contributed by atoms with Crippen LogP contribution in [-0.2, 0) is 6.54 Å². The molecule has 2 saturated heterocycles. The highest BCUT2D eigenvalue weighted by molar-refractivity contribution is 5.74. The van der Waals surface area contributed by atoms with Gasteiger partial charge in [0.1, 0.15) is 0 Å². The Balaban J connectivity index is 1.48. The van der Waals surface area contributed by atoms with E-state index >= 15 is 0 Å². The molecule has 2 aliphatic heterocycles. The molecular weight excluding hydrogens is 324 g/mol. The van der Waals surface area contributed by atoms with Gasteiger partial charge in [-0.3, -0.25) is 4.90 Å². The molecule has 0 radical (unpaired) electrons. The van der Waals surface area contributed by atoms with E-state index in [1.54, 1.807) is 12.1 Å². The number of nitrogens with zero attached hydrogens (tertiary/aromatic N) is 2. The van der Waals surface area contributed by atoms with Gasteiger partial charge in [-0.15, -0.1) is 0 Å². The summed E-state index contributed by atoms with van der Waals surface area (Å²) in [7, 11) is 0. The average Bonchev–Trinajstić information content (AvgIpc) is 3.10. The zero-order chi connectivity index (χ0) is 17.8. The molecule has 0 spiro atoms. The zero-order valence-corrected chi connectivity index (χ0v) is 14.8. The first kappa shape index (κ1) is 18.1. The molecular formula is C19H27F2N3O. The summed E-state index contributed by atoms with van der Waals surface area (Å²) in [6.07, 6.45) is 3.19. The fourth-order valence-electron chi connectivity index (χ4n) is 4.11. The van der Waals surface area contributed by atoms with Gasteiger partial charge in [0, 0.05) is 31.7 Å². The van der Waals surface area contributed by atoms with E-state index in [4.69, 9.17) is 0 Å². The lowest BCUT2D eigenvalue weighted by Gasteiger charge is -2.35. The van der Waals surface area contributed by atoms with Crippen molar-refractivity contribution >= 4 is 6.03 Å². The standard InChI is InChI=1S/C19H27F2N3O/c1-2-22-19(25)24-11-8-15(13-24)14-6-9-23(10-7-14)12-16-4-3-5-17(20)18(16)21/h3-5,14-15H,2,6-13H2,1H3,(H,22,25). The summed E-state index contributed by atoms with van der Waals surface area (Å²) in [5.74, 6) is -0.314. The number of amides is 2. The van der Waals surface area contributed by atoms with Gasteiger partial charge in [0.25, 0.3) is 0 Å². The fourth-order valence-corrected chi connectivity index (χ4v) is 4.11. The van der Waals surface area contributed by atoms with Crippen LogP contribution in [0.4, 0.5) is 13.6 Å². The van der Waals surface area contributed by atoms with Crippen molar-refractivity contribution in [2.75, 3.05) is 32.7 Å². The van der Waals surface area contributed by atoms with E-state index in [1.807, 2.05) is 11.8 Å². The number of carbonyl (C=O) groups excluding carboxylic acids is 1. The Morgan fingerprint density at radius 2 is 1.88 bits per heavy atom. The minimum Gasteiger partial charge on any atom is -0.338 e. The molecule has 1 aromatic rings. The molecule has 2 amide bonds. The van der Waals surface area contributed by atoms with E-state index in [0.717, 1.165) is 51.5 Å². The van der Waals surface area contributed by atoms with Gasteiger partial charge in [-0.2, -0.15) is 0 Å². The number of piperidine rings is 1. The van der Waals surface area contributed by atoms with Crippen LogP contribution in [0.5, 0.6) is 0 Å². The lowest BCUT2D eigenvalue weighted by Crippen LogP contribution is -2.40. The Bertz CT molecular complexity index is 602. The van der Waals surface area contributed by atoms with Gasteiger partial charge >= 0.3 is 6.03 Å². The molecule has 1 aromatic carbocycles. The zero-order valence-electron chi connectivity index (χ0n) is 14.8. The van der Waals surface area contributed by atoms with Gasteiger partial charge in [-0.1, -0.05) is 12.1 Å². The minimum atomic E-state index is -0.774. The summed E-state index contributed by atoms with van der Waals surface area (Å²) < 4.78 is 27.1. The summed E-state index contributed by atoms with van der Waals surface area (Å²) in [4.78, 5) is 16.0. The van der Waals surface area contributed by atoms with E-state index in [1.165, 1.54) is 0 Å². The lowest BCUT2D eigenvalue weighted by molar-refractivity contribution is 0.140. The molecule has 0 bridgehead atoms. The topological polar surface area (TPSA) is 35.6 Å². The van der Waals surface area contributed by atoms with E-state index in [9.17, 15) is 13.6 Å². The van der Waals surface area contributed by atoms with Gasteiger partial charge in [-0.05, 0) is 57.2 Å². The average molecular weight is 351 g/mol. The number of hydrogen-bond acceptors (Lipinski definition) is 2. The molecule has 2 fully saturated rings. The lowest BCUT2D eigenvalue weighted by atomic mass is 9.83. The van der Waals surface area contributed by atoms with Crippen LogP contribution in [0.1, 0.15) is 31.7 Å². The summed E-state index contributed by atoms with van der Waals surface area (Å²) in [5, 5.41) is 2.87. The van der Waals surface area contributed by atoms with Gasteiger partial charge < -0.3 is 10.2 Å². The van der Waals surface area contributed by atoms with Gasteiger partial charge in [0.2, 0.25) is 0 Å². The normalized spacial score (nSPS) is 22.4. The van der Waals surface area contributed by atoms with Crippen LogP contribution in [0.25, 0.3) is 0 Å². The van der Waals surface area contributed by atoms with Crippen molar-refractivity contribution in [1.82, 2.24) is 15.1 Å². The molecule has 25 heavy (non-hydrogen) atoms. The Hall–Kier alpha value is -1.69. The highest BCUT2D eigenvalue weighted by Gasteiger charge is 2.33. The third-order valence-electron chi connectivity index (χ3n) is 5.56. The third kappa shape index (κ3) is 4.29. The quantitative estimate of drug-likeness (QED) is 0.904. The summed E-state index contributed by atoms with van der Waals surface area (Å²) in [5.41, 5.74) is 0.432. The van der Waals surface area contributed by atoms with Crippen LogP contribution in [0, 0.1) is 23.5 Å². The highest BCUT2D eigenvalue weighted by Crippen LogP contribution is 2.32. The molecule has 1 atom stereocenters. The number of rotatable bonds is 4. The molecule has 4 nitrogen and oxygen atoms in total. The van der Waals surface area contributed by atoms with Crippen molar-refractivity contribution in [3.63, 3.8) is 0 Å². The molecule has 0 aromatic heterocycles. The highest BCUT2D eigenvalue weighted by atomic mass is 19.2. The molecule has 2 heterocycles. The first-order chi connectivity index (χ1) is 12.1. The predicted molar refractivity (Wildman–Crippen MR) is 93.1 cm³/mol. The molecule has 0 saturated carbocycles. The Kier molecular flexibility index (Phi) is 5.89. The molecule has 0 aliphatic carbocycles. The van der Waals surface area contributed by atoms with E-state index in [2.05, 4.69) is 10.2 Å². The van der Waals surface area contributed by atoms with Gasteiger partial charge in [-0.25, -0.2) is 13.6 Å². The van der Waals surface area contributed by atoms with E-state index in [-0.39, 0.29) is 6.03 Å². The molecule has 2 aliphatic rings. The molecule has 1 unspecified atom stereocenters. The molecule has 6 heteroatoms. The number of carbonyl (C=O) groups is 1. The maximum Gasteiger partial charge on any atom is 0.317 e. The molecule has 138 valence electrons. The Morgan fingerprint density at radius 1 is 1.16 bits per heavy atom. The largest absolute Gasteiger partial charge is 0.338 e. The number of urea groups is 1. The molecule has 1 N–H and O–H groups in total. The summed E-state index contributed by atoms with van der Waals surface area (Å²) in [6, 6.07) is 4.43. The van der Waals surface area contributed by atoms with Crippen molar-refractivity contribution < 1.29 is 13.6 Å². The summed E-state index contributed by atoms with van der Waals surface area (Å²) >= 11 is 0. The smallest absolute Gasteiger partial charge is 0.317 e. The second kappa shape index (κ2) is 8.13. The maximum absolute atomic E-state index is 13.8. The van der Waals surface area contributed by atoms with E-state index < -0.39 is 11.6 Å². The number of nitrogens with one attached hydrogen (secondary N) is 1. The van der Waals surface area contributed by atoms with Crippen LogP contribution < -0.4 is 5.32 Å². The minimum absolute atomic E-state index is 0.0454. The van der Waals surface area contributed by atoms with Crippen LogP contribution >= 0.6 is 0 Å². The van der Waals surface area contributed by atoms with Crippen molar-refractivity contribution in [3.8, 4) is 0 Å². The predicted octanol–water partition coefficient (Wildman–Crippen LogP) is 3.23. The second-order valence-electron chi connectivity index (χ2n) is 7.16. The van der Waals surface area contributed by atoms with Crippen molar-refractivity contribution in [2.24, 2.45) is 11.8 Å². The Labute approximate surface area is 148 Å². The van der Waals surface area contributed by atoms with Crippen molar-refractivity contribution in [3.05, 3.63) is 35.4 Å². The second-order valence-corrected chi connectivity index (χ2v) is 7.16. The number of likely N-dealkylation sites (tertiary alicyclic amines) is 2. The maximum atomic E-state index is 13.8. The van der Waals surface area contributed by atoms with Crippen LogP contribution in [0.3, 0.4) is 0 Å². The first-order valence-electron chi connectivity index (χ1n) is 9.26. The third-order valence-corrected chi connectivity index (χ3v) is 5.56. The number of benzene rings is 1. The first-order valence-corrected chi connectivity index (χ1v) is 9.26. The van der Waals surface area contributed by atoms with Crippen molar-refractivity contribution in [1.29, 1.82) is 0 Å². The van der Waals surface area contributed by atoms with Crippen molar-refractivity contribution in [2.45, 2.75) is 32.7 Å².